The van der Waals surface area contributed by atoms with Crippen LogP contribution in [0.2, 0.25) is 3.71 Å². The van der Waals surface area contributed by atoms with E-state index in [2.05, 4.69) is 38.1 Å². The molecule has 12 heavy (non-hydrogen) atoms. The summed E-state index contributed by atoms with van der Waals surface area (Å²) in [5, 5.41) is 0. The average molecular weight is 290 g/mol. The van der Waals surface area contributed by atoms with Gasteiger partial charge in [0.1, 0.15) is 0 Å². The molecule has 0 nitrogen and oxygen atoms in total. The van der Waals surface area contributed by atoms with E-state index in [0.29, 0.717) is 0 Å². The molecule has 1 aromatic carbocycles. The summed E-state index contributed by atoms with van der Waals surface area (Å²) >= 11 is 1.59. The van der Waals surface area contributed by atoms with Crippen LogP contribution in [-0.2, 0) is 0 Å². The summed E-state index contributed by atoms with van der Waals surface area (Å²) in [4.78, 5) is 0.847. The molecule has 2 rings (SSSR count). The summed E-state index contributed by atoms with van der Waals surface area (Å²) < 4.78 is 2.65. The van der Waals surface area contributed by atoms with Gasteiger partial charge in [0.25, 0.3) is 0 Å². The SMILES string of the molecule is C[C@H]1[Se]c2ccccc2[C@H](C)[Se]1. The molecule has 1 aliphatic heterocycles. The second kappa shape index (κ2) is 3.55. The van der Waals surface area contributed by atoms with Crippen LogP contribution >= 0.6 is 0 Å². The summed E-state index contributed by atoms with van der Waals surface area (Å²) in [5.41, 5.74) is 1.63. The minimum atomic E-state index is 0.753. The summed E-state index contributed by atoms with van der Waals surface area (Å²) in [6.07, 6.45) is 0. The zero-order valence-electron chi connectivity index (χ0n) is 7.28. The second-order valence-electron chi connectivity index (χ2n) is 3.00. The predicted octanol–water partition coefficient (Wildman–Crippen LogP) is 1.56. The van der Waals surface area contributed by atoms with Gasteiger partial charge >= 0.3 is 86.6 Å². The molecule has 0 unspecified atom stereocenters. The van der Waals surface area contributed by atoms with Crippen molar-refractivity contribution in [2.45, 2.75) is 22.4 Å². The second-order valence-corrected chi connectivity index (χ2v) is 11.0. The van der Waals surface area contributed by atoms with E-state index in [1.165, 1.54) is 0 Å². The van der Waals surface area contributed by atoms with Crippen LogP contribution in [0, 0.1) is 0 Å². The molecule has 0 aromatic heterocycles. The summed E-state index contributed by atoms with van der Waals surface area (Å²) in [7, 11) is 0. The summed E-state index contributed by atoms with van der Waals surface area (Å²) in [6, 6.07) is 8.99. The van der Waals surface area contributed by atoms with Gasteiger partial charge < -0.3 is 0 Å². The van der Waals surface area contributed by atoms with Crippen LogP contribution in [0.25, 0.3) is 0 Å². The third kappa shape index (κ3) is 1.63. The van der Waals surface area contributed by atoms with Crippen LogP contribution in [0.3, 0.4) is 0 Å². The maximum atomic E-state index is 2.41. The van der Waals surface area contributed by atoms with E-state index < -0.39 is 0 Å². The Hall–Kier alpha value is 0.259. The van der Waals surface area contributed by atoms with Crippen LogP contribution in [0.1, 0.15) is 24.2 Å². The molecule has 1 aromatic rings. The topological polar surface area (TPSA) is 0 Å². The molecule has 2 atom stereocenters. The van der Waals surface area contributed by atoms with Gasteiger partial charge in [-0.05, 0) is 0 Å². The Bertz CT molecular complexity index is 283. The van der Waals surface area contributed by atoms with Gasteiger partial charge in [0.2, 0.25) is 0 Å². The molecule has 1 aliphatic rings. The van der Waals surface area contributed by atoms with Gasteiger partial charge in [-0.15, -0.1) is 0 Å². The van der Waals surface area contributed by atoms with Crippen molar-refractivity contribution in [2.75, 3.05) is 0 Å². The fourth-order valence-electron chi connectivity index (χ4n) is 1.49. The first-order valence-corrected chi connectivity index (χ1v) is 8.01. The number of hydrogen-bond acceptors (Lipinski definition) is 0. The van der Waals surface area contributed by atoms with Crippen molar-refractivity contribution in [3.8, 4) is 0 Å². The standard InChI is InChI=1S/C10H12Se2/c1-7-9-5-3-4-6-10(9)12-8(2)11-7/h3-8H,1-2H3/t7-,8+/m0/s1. The van der Waals surface area contributed by atoms with E-state index in [-0.39, 0.29) is 0 Å². The van der Waals surface area contributed by atoms with Crippen LogP contribution in [-0.4, -0.2) is 29.9 Å². The van der Waals surface area contributed by atoms with Gasteiger partial charge in [-0.3, -0.25) is 0 Å². The van der Waals surface area contributed by atoms with Crippen molar-refractivity contribution in [3.05, 3.63) is 29.8 Å². The van der Waals surface area contributed by atoms with Crippen molar-refractivity contribution in [1.29, 1.82) is 0 Å². The van der Waals surface area contributed by atoms with Gasteiger partial charge in [0.05, 0.1) is 0 Å². The summed E-state index contributed by atoms with van der Waals surface area (Å²) in [6.45, 7) is 4.79. The van der Waals surface area contributed by atoms with Gasteiger partial charge in [-0.2, -0.15) is 0 Å². The fraction of sp³-hybridized carbons (Fsp3) is 0.400. The van der Waals surface area contributed by atoms with Crippen LogP contribution in [0.5, 0.6) is 0 Å². The summed E-state index contributed by atoms with van der Waals surface area (Å²) in [5.74, 6) is 0. The maximum absolute atomic E-state index is 2.41. The van der Waals surface area contributed by atoms with Crippen molar-refractivity contribution < 1.29 is 0 Å². The minimum absolute atomic E-state index is 0.753. The van der Waals surface area contributed by atoms with Crippen molar-refractivity contribution in [2.24, 2.45) is 0 Å². The van der Waals surface area contributed by atoms with E-state index in [1.54, 1.807) is 10.0 Å². The number of fused-ring (bicyclic) bond motifs is 1. The molecule has 0 spiro atoms. The van der Waals surface area contributed by atoms with E-state index in [1.807, 2.05) is 0 Å². The Labute approximate surface area is 86.4 Å². The molecular weight excluding hydrogens is 278 g/mol. The molecule has 0 amide bonds. The van der Waals surface area contributed by atoms with Crippen molar-refractivity contribution >= 4 is 34.4 Å². The molecule has 2 heteroatoms. The molecule has 0 saturated carbocycles. The quantitative estimate of drug-likeness (QED) is 0.636. The Morgan fingerprint density at radius 3 is 2.75 bits per heavy atom. The normalized spacial score (nSPS) is 28.2. The third-order valence-corrected chi connectivity index (χ3v) is 8.51. The molecule has 0 radical (unpaired) electrons. The molecule has 1 heterocycles. The molecule has 0 fully saturated rings. The van der Waals surface area contributed by atoms with Crippen molar-refractivity contribution in [1.82, 2.24) is 0 Å². The van der Waals surface area contributed by atoms with E-state index in [4.69, 9.17) is 0 Å². The van der Waals surface area contributed by atoms with Gasteiger partial charge in [-0.25, -0.2) is 0 Å². The first kappa shape index (κ1) is 8.84. The van der Waals surface area contributed by atoms with Gasteiger partial charge in [-0.1, -0.05) is 0 Å². The van der Waals surface area contributed by atoms with Crippen molar-refractivity contribution in [3.63, 3.8) is 0 Å². The van der Waals surface area contributed by atoms with Crippen LogP contribution in [0.15, 0.2) is 24.3 Å². The van der Waals surface area contributed by atoms with Crippen LogP contribution < -0.4 is 4.46 Å². The zero-order chi connectivity index (χ0) is 8.55. The zero-order valence-corrected chi connectivity index (χ0v) is 10.7. The van der Waals surface area contributed by atoms with Crippen LogP contribution in [0.4, 0.5) is 0 Å². The van der Waals surface area contributed by atoms with E-state index in [0.717, 1.165) is 38.4 Å². The first-order valence-electron chi connectivity index (χ1n) is 4.18. The Balaban J connectivity index is 2.40. The fourth-order valence-corrected chi connectivity index (χ4v) is 9.36. The van der Waals surface area contributed by atoms with Gasteiger partial charge in [0, 0.05) is 0 Å². The van der Waals surface area contributed by atoms with Gasteiger partial charge in [0.15, 0.2) is 0 Å². The average Bonchev–Trinajstić information content (AvgIpc) is 2.04. The number of rotatable bonds is 0. The first-order chi connectivity index (χ1) is 5.77. The monoisotopic (exact) mass is 292 g/mol. The van der Waals surface area contributed by atoms with E-state index >= 15 is 0 Å². The van der Waals surface area contributed by atoms with E-state index in [9.17, 15) is 0 Å². The Morgan fingerprint density at radius 1 is 1.17 bits per heavy atom. The number of benzene rings is 1. The molecule has 0 saturated heterocycles. The molecule has 0 aliphatic carbocycles. The third-order valence-electron chi connectivity index (χ3n) is 2.05. The molecule has 0 N–H and O–H groups in total. The Kier molecular flexibility index (Phi) is 2.62. The Morgan fingerprint density at radius 2 is 1.92 bits per heavy atom. The number of hydrogen-bond donors (Lipinski definition) is 0. The molecular formula is C10H12Se2. The molecule has 64 valence electrons. The molecule has 0 bridgehead atoms. The predicted molar refractivity (Wildman–Crippen MR) is 55.4 cm³/mol.